The van der Waals surface area contributed by atoms with Crippen LogP contribution < -0.4 is 9.47 Å². The van der Waals surface area contributed by atoms with Gasteiger partial charge in [-0.05, 0) is 25.1 Å². The quantitative estimate of drug-likeness (QED) is 0.751. The van der Waals surface area contributed by atoms with E-state index in [-0.39, 0.29) is 0 Å². The van der Waals surface area contributed by atoms with Gasteiger partial charge in [0.2, 0.25) is 0 Å². The average Bonchev–Trinajstić information content (AvgIpc) is 2.43. The summed E-state index contributed by atoms with van der Waals surface area (Å²) in [6.45, 7) is 11.7. The van der Waals surface area contributed by atoms with E-state index >= 15 is 0 Å². The van der Waals surface area contributed by atoms with Gasteiger partial charge in [0, 0.05) is 17.7 Å². The molecule has 0 fully saturated rings. The lowest BCUT2D eigenvalue weighted by Gasteiger charge is -2.23. The van der Waals surface area contributed by atoms with E-state index in [9.17, 15) is 0 Å². The lowest BCUT2D eigenvalue weighted by Crippen LogP contribution is -2.22. The zero-order valence-electron chi connectivity index (χ0n) is 13.1. The third kappa shape index (κ3) is 3.63. The summed E-state index contributed by atoms with van der Waals surface area (Å²) in [7, 11) is 3.46. The van der Waals surface area contributed by atoms with Crippen LogP contribution in [0.4, 0.5) is 0 Å². The Labute approximate surface area is 117 Å². The van der Waals surface area contributed by atoms with Crippen molar-refractivity contribution < 1.29 is 9.47 Å². The Balaban J connectivity index is 3.22. The summed E-state index contributed by atoms with van der Waals surface area (Å²) in [6.07, 6.45) is 0. The maximum Gasteiger partial charge on any atom is 0.130 e. The van der Waals surface area contributed by atoms with Gasteiger partial charge in [0.1, 0.15) is 11.5 Å². The summed E-state index contributed by atoms with van der Waals surface area (Å²) >= 11 is 0. The molecule has 3 heteroatoms. The van der Waals surface area contributed by atoms with E-state index in [0.717, 1.165) is 36.7 Å². The number of methoxy groups -OCH3 is 2. The minimum absolute atomic E-state index is 0.376. The standard InChI is InChI=1S/C16H27NO2/c1-7-17(8-2)11-13-9-10-14(18-5)15(12(3)4)16(13)19-6/h9-10,12H,7-8,11H2,1-6H3. The SMILES string of the molecule is CCN(CC)Cc1ccc(OC)c(C(C)C)c1OC. The normalized spacial score (nSPS) is 11.2. The molecule has 108 valence electrons. The second-order valence-corrected chi connectivity index (χ2v) is 4.99. The molecule has 3 nitrogen and oxygen atoms in total. The second kappa shape index (κ2) is 7.39. The van der Waals surface area contributed by atoms with Crippen LogP contribution in [-0.4, -0.2) is 32.2 Å². The number of ether oxygens (including phenoxy) is 2. The average molecular weight is 265 g/mol. The van der Waals surface area contributed by atoms with Gasteiger partial charge < -0.3 is 9.47 Å². The predicted octanol–water partition coefficient (Wildman–Crippen LogP) is 3.67. The molecule has 0 unspecified atom stereocenters. The minimum atomic E-state index is 0.376. The van der Waals surface area contributed by atoms with Crippen LogP contribution in [0.15, 0.2) is 12.1 Å². The molecule has 0 saturated carbocycles. The number of nitrogens with zero attached hydrogens (tertiary/aromatic N) is 1. The molecule has 0 aliphatic rings. The Hall–Kier alpha value is -1.22. The highest BCUT2D eigenvalue weighted by Gasteiger charge is 2.18. The first-order chi connectivity index (χ1) is 9.08. The van der Waals surface area contributed by atoms with E-state index in [1.165, 1.54) is 5.56 Å². The molecule has 0 N–H and O–H groups in total. The molecule has 1 rings (SSSR count). The fourth-order valence-corrected chi connectivity index (χ4v) is 2.40. The molecule has 0 atom stereocenters. The predicted molar refractivity (Wildman–Crippen MR) is 80.3 cm³/mol. The Morgan fingerprint density at radius 1 is 1.05 bits per heavy atom. The lowest BCUT2D eigenvalue weighted by atomic mass is 9.97. The Bertz CT molecular complexity index is 398. The van der Waals surface area contributed by atoms with Crippen LogP contribution >= 0.6 is 0 Å². The van der Waals surface area contributed by atoms with Crippen molar-refractivity contribution in [3.63, 3.8) is 0 Å². The molecule has 0 aromatic heterocycles. The molecule has 0 bridgehead atoms. The van der Waals surface area contributed by atoms with Gasteiger partial charge in [-0.2, -0.15) is 0 Å². The molecule has 0 heterocycles. The fraction of sp³-hybridized carbons (Fsp3) is 0.625. The number of rotatable bonds is 7. The maximum atomic E-state index is 5.66. The van der Waals surface area contributed by atoms with Gasteiger partial charge in [-0.3, -0.25) is 4.90 Å². The summed E-state index contributed by atoms with van der Waals surface area (Å²) in [5, 5.41) is 0. The summed E-state index contributed by atoms with van der Waals surface area (Å²) in [6, 6.07) is 4.17. The van der Waals surface area contributed by atoms with E-state index < -0.39 is 0 Å². The molecule has 0 radical (unpaired) electrons. The van der Waals surface area contributed by atoms with Crippen molar-refractivity contribution >= 4 is 0 Å². The van der Waals surface area contributed by atoms with Gasteiger partial charge >= 0.3 is 0 Å². The molecule has 19 heavy (non-hydrogen) atoms. The molecular formula is C16H27NO2. The third-order valence-electron chi connectivity index (χ3n) is 3.53. The monoisotopic (exact) mass is 265 g/mol. The van der Waals surface area contributed by atoms with Crippen molar-refractivity contribution in [3.8, 4) is 11.5 Å². The largest absolute Gasteiger partial charge is 0.496 e. The smallest absolute Gasteiger partial charge is 0.130 e. The fourth-order valence-electron chi connectivity index (χ4n) is 2.40. The lowest BCUT2D eigenvalue weighted by molar-refractivity contribution is 0.287. The van der Waals surface area contributed by atoms with Crippen LogP contribution in [0.2, 0.25) is 0 Å². The van der Waals surface area contributed by atoms with E-state index in [1.54, 1.807) is 14.2 Å². The number of hydrogen-bond donors (Lipinski definition) is 0. The van der Waals surface area contributed by atoms with Crippen LogP contribution in [0.5, 0.6) is 11.5 Å². The van der Waals surface area contributed by atoms with Crippen LogP contribution in [0.3, 0.4) is 0 Å². The molecule has 0 aliphatic carbocycles. The van der Waals surface area contributed by atoms with E-state index in [2.05, 4.69) is 44.7 Å². The minimum Gasteiger partial charge on any atom is -0.496 e. The van der Waals surface area contributed by atoms with Crippen LogP contribution in [-0.2, 0) is 6.54 Å². The van der Waals surface area contributed by atoms with Gasteiger partial charge in [-0.15, -0.1) is 0 Å². The van der Waals surface area contributed by atoms with Crippen molar-refractivity contribution in [2.75, 3.05) is 27.3 Å². The second-order valence-electron chi connectivity index (χ2n) is 4.99. The Kier molecular flexibility index (Phi) is 6.16. The number of benzene rings is 1. The van der Waals surface area contributed by atoms with E-state index in [0.29, 0.717) is 5.92 Å². The van der Waals surface area contributed by atoms with Gasteiger partial charge in [0.05, 0.1) is 14.2 Å². The van der Waals surface area contributed by atoms with Crippen molar-refractivity contribution in [2.45, 2.75) is 40.2 Å². The highest BCUT2D eigenvalue weighted by Crippen LogP contribution is 2.38. The van der Waals surface area contributed by atoms with Crippen molar-refractivity contribution in [2.24, 2.45) is 0 Å². The first-order valence-corrected chi connectivity index (χ1v) is 7.05. The van der Waals surface area contributed by atoms with E-state index in [1.807, 2.05) is 0 Å². The van der Waals surface area contributed by atoms with Crippen LogP contribution in [0, 0.1) is 0 Å². The number of hydrogen-bond acceptors (Lipinski definition) is 3. The Morgan fingerprint density at radius 2 is 1.68 bits per heavy atom. The molecule has 0 spiro atoms. The zero-order valence-corrected chi connectivity index (χ0v) is 13.1. The topological polar surface area (TPSA) is 21.7 Å². The highest BCUT2D eigenvalue weighted by atomic mass is 16.5. The van der Waals surface area contributed by atoms with Crippen molar-refractivity contribution in [1.82, 2.24) is 4.90 Å². The Morgan fingerprint density at radius 3 is 2.11 bits per heavy atom. The summed E-state index contributed by atoms with van der Waals surface area (Å²) in [4.78, 5) is 2.38. The zero-order chi connectivity index (χ0) is 14.4. The third-order valence-corrected chi connectivity index (χ3v) is 3.53. The van der Waals surface area contributed by atoms with Gasteiger partial charge in [-0.25, -0.2) is 0 Å². The first kappa shape index (κ1) is 15.8. The molecule has 1 aromatic rings. The van der Waals surface area contributed by atoms with Crippen LogP contribution in [0.25, 0.3) is 0 Å². The van der Waals surface area contributed by atoms with Gasteiger partial charge in [-0.1, -0.05) is 33.8 Å². The van der Waals surface area contributed by atoms with Crippen molar-refractivity contribution in [1.29, 1.82) is 0 Å². The van der Waals surface area contributed by atoms with E-state index in [4.69, 9.17) is 9.47 Å². The summed E-state index contributed by atoms with van der Waals surface area (Å²) < 4.78 is 11.1. The molecule has 1 aromatic carbocycles. The van der Waals surface area contributed by atoms with Gasteiger partial charge in [0.15, 0.2) is 0 Å². The molecule has 0 saturated heterocycles. The highest BCUT2D eigenvalue weighted by molar-refractivity contribution is 5.51. The van der Waals surface area contributed by atoms with Gasteiger partial charge in [0.25, 0.3) is 0 Å². The summed E-state index contributed by atoms with van der Waals surface area (Å²) in [5.41, 5.74) is 2.39. The maximum absolute atomic E-state index is 5.66. The molecule has 0 amide bonds. The van der Waals surface area contributed by atoms with Crippen molar-refractivity contribution in [3.05, 3.63) is 23.3 Å². The summed E-state index contributed by atoms with van der Waals surface area (Å²) in [5.74, 6) is 2.26. The first-order valence-electron chi connectivity index (χ1n) is 7.05. The molecular weight excluding hydrogens is 238 g/mol. The van der Waals surface area contributed by atoms with Crippen LogP contribution in [0.1, 0.15) is 44.7 Å². The molecule has 0 aliphatic heterocycles.